The molecule has 1 saturated heterocycles. The molecule has 0 spiro atoms. The van der Waals surface area contributed by atoms with Gasteiger partial charge in [0.05, 0.1) is 15.9 Å². The number of para-hydroxylation sites is 2. The highest BCUT2D eigenvalue weighted by molar-refractivity contribution is 7.89. The predicted molar refractivity (Wildman–Crippen MR) is 136 cm³/mol. The zero-order chi connectivity index (χ0) is 24.4. The number of amides is 1. The maximum Gasteiger partial charge on any atom is 0.243 e. The molecule has 1 aliphatic heterocycles. The minimum Gasteiger partial charge on any atom is -0.339 e. The number of nitrogens with zero attached hydrogens (tertiary/aromatic N) is 4. The fourth-order valence-corrected chi connectivity index (χ4v) is 5.93. The van der Waals surface area contributed by atoms with Crippen LogP contribution < -0.4 is 0 Å². The first-order chi connectivity index (χ1) is 16.9. The van der Waals surface area contributed by atoms with Crippen molar-refractivity contribution >= 4 is 38.6 Å². The zero-order valence-electron chi connectivity index (χ0n) is 19.0. The first-order valence-electron chi connectivity index (χ1n) is 11.4. The molecule has 0 saturated carbocycles. The van der Waals surface area contributed by atoms with E-state index in [1.54, 1.807) is 17.0 Å². The number of aromatic nitrogens is 2. The highest BCUT2D eigenvalue weighted by Gasteiger charge is 2.30. The van der Waals surface area contributed by atoms with Crippen LogP contribution in [0.2, 0.25) is 5.02 Å². The second-order valence-electron chi connectivity index (χ2n) is 8.50. The molecule has 3 aromatic carbocycles. The minimum absolute atomic E-state index is 0.0500. The van der Waals surface area contributed by atoms with Crippen molar-refractivity contribution in [2.24, 2.45) is 0 Å². The van der Waals surface area contributed by atoms with E-state index in [1.165, 1.54) is 16.4 Å². The molecule has 0 radical (unpaired) electrons. The quantitative estimate of drug-likeness (QED) is 0.397. The van der Waals surface area contributed by atoms with E-state index in [9.17, 15) is 13.2 Å². The van der Waals surface area contributed by atoms with Gasteiger partial charge in [-0.15, -0.1) is 0 Å². The minimum atomic E-state index is -3.63. The van der Waals surface area contributed by atoms with Crippen LogP contribution >= 0.6 is 11.6 Å². The largest absolute Gasteiger partial charge is 0.339 e. The highest BCUT2D eigenvalue weighted by Crippen LogP contribution is 2.22. The molecule has 1 fully saturated rings. The van der Waals surface area contributed by atoms with Gasteiger partial charge in [0.15, 0.2) is 0 Å². The first-order valence-corrected chi connectivity index (χ1v) is 13.3. The lowest BCUT2D eigenvalue weighted by Crippen LogP contribution is -2.51. The predicted octanol–water partition coefficient (Wildman–Crippen LogP) is 3.81. The smallest absolute Gasteiger partial charge is 0.243 e. The number of hydrogen-bond acceptors (Lipinski definition) is 4. The number of fused-ring (bicyclic) bond motifs is 1. The van der Waals surface area contributed by atoms with E-state index in [0.29, 0.717) is 24.5 Å². The molecule has 0 bridgehead atoms. The molecule has 180 valence electrons. The van der Waals surface area contributed by atoms with Crippen LogP contribution in [0, 0.1) is 0 Å². The third kappa shape index (κ3) is 4.96. The van der Waals surface area contributed by atoms with Crippen molar-refractivity contribution in [2.45, 2.75) is 17.9 Å². The fourth-order valence-electron chi connectivity index (χ4n) is 4.38. The van der Waals surface area contributed by atoms with Crippen LogP contribution in [-0.4, -0.2) is 59.3 Å². The number of benzene rings is 3. The van der Waals surface area contributed by atoms with Gasteiger partial charge < -0.3 is 9.47 Å². The number of halogens is 1. The van der Waals surface area contributed by atoms with Crippen molar-refractivity contribution in [3.63, 3.8) is 0 Å². The normalized spacial score (nSPS) is 14.9. The molecule has 2 heterocycles. The molecule has 0 unspecified atom stereocenters. The van der Waals surface area contributed by atoms with Crippen molar-refractivity contribution in [1.29, 1.82) is 0 Å². The number of rotatable bonds is 6. The van der Waals surface area contributed by atoms with Gasteiger partial charge in [0, 0.05) is 37.6 Å². The number of carbonyl (C=O) groups is 1. The lowest BCUT2D eigenvalue weighted by Gasteiger charge is -2.34. The Morgan fingerprint density at radius 1 is 0.857 bits per heavy atom. The third-order valence-electron chi connectivity index (χ3n) is 6.27. The third-order valence-corrected chi connectivity index (χ3v) is 8.44. The summed E-state index contributed by atoms with van der Waals surface area (Å²) in [5.41, 5.74) is 2.89. The Kier molecular flexibility index (Phi) is 6.60. The Morgan fingerprint density at radius 3 is 2.23 bits per heavy atom. The van der Waals surface area contributed by atoms with Crippen LogP contribution in [0.5, 0.6) is 0 Å². The number of sulfonamides is 1. The maximum absolute atomic E-state index is 13.3. The zero-order valence-corrected chi connectivity index (χ0v) is 20.6. The molecule has 5 rings (SSSR count). The summed E-state index contributed by atoms with van der Waals surface area (Å²) in [6, 6.07) is 24.0. The number of hydrogen-bond donors (Lipinski definition) is 0. The molecule has 7 nitrogen and oxygen atoms in total. The van der Waals surface area contributed by atoms with Crippen molar-refractivity contribution < 1.29 is 13.2 Å². The summed E-state index contributed by atoms with van der Waals surface area (Å²) >= 11 is 5.89. The SMILES string of the molecule is O=C(Cn1c(Cc2ccccc2)nc2ccccc21)N1CCN(S(=O)(=O)c2ccc(Cl)cc2)CC1. The standard InChI is InChI=1S/C26H25ClN4O3S/c27-21-10-12-22(13-11-21)35(33,34)30-16-14-29(15-17-30)26(32)19-31-24-9-5-4-8-23(24)28-25(31)18-20-6-2-1-3-7-20/h1-13H,14-19H2. The topological polar surface area (TPSA) is 75.5 Å². The van der Waals surface area contributed by atoms with Crippen LogP contribution in [0.3, 0.4) is 0 Å². The molecule has 0 N–H and O–H groups in total. The highest BCUT2D eigenvalue weighted by atomic mass is 35.5. The molecule has 0 aliphatic carbocycles. The summed E-state index contributed by atoms with van der Waals surface area (Å²) in [5.74, 6) is 0.778. The maximum atomic E-state index is 13.3. The van der Waals surface area contributed by atoms with Gasteiger partial charge in [0.1, 0.15) is 12.4 Å². The number of piperazine rings is 1. The Morgan fingerprint density at radius 2 is 1.51 bits per heavy atom. The van der Waals surface area contributed by atoms with E-state index in [0.717, 1.165) is 22.4 Å². The molecule has 0 atom stereocenters. The van der Waals surface area contributed by atoms with E-state index < -0.39 is 10.0 Å². The first kappa shape index (κ1) is 23.5. The Balaban J connectivity index is 1.30. The van der Waals surface area contributed by atoms with E-state index in [-0.39, 0.29) is 30.4 Å². The van der Waals surface area contributed by atoms with Gasteiger partial charge in [-0.25, -0.2) is 13.4 Å². The molecular weight excluding hydrogens is 484 g/mol. The van der Waals surface area contributed by atoms with E-state index in [1.807, 2.05) is 59.2 Å². The Hall–Kier alpha value is -3.20. The average Bonchev–Trinajstić information content (AvgIpc) is 3.21. The summed E-state index contributed by atoms with van der Waals surface area (Å²) in [6.07, 6.45) is 0.621. The van der Waals surface area contributed by atoms with Gasteiger partial charge in [-0.05, 0) is 42.0 Å². The van der Waals surface area contributed by atoms with Gasteiger partial charge in [0.25, 0.3) is 0 Å². The summed E-state index contributed by atoms with van der Waals surface area (Å²) in [4.78, 5) is 20.0. The van der Waals surface area contributed by atoms with E-state index in [2.05, 4.69) is 0 Å². The summed E-state index contributed by atoms with van der Waals surface area (Å²) in [7, 11) is -3.63. The van der Waals surface area contributed by atoms with Crippen LogP contribution in [0.4, 0.5) is 0 Å². The van der Waals surface area contributed by atoms with Crippen molar-refractivity contribution in [2.75, 3.05) is 26.2 Å². The summed E-state index contributed by atoms with van der Waals surface area (Å²) in [6.45, 7) is 1.34. The molecule has 4 aromatic rings. The Bertz CT molecular complexity index is 1450. The molecule has 1 amide bonds. The van der Waals surface area contributed by atoms with Crippen LogP contribution in [0.1, 0.15) is 11.4 Å². The second-order valence-corrected chi connectivity index (χ2v) is 10.9. The van der Waals surface area contributed by atoms with Gasteiger partial charge in [-0.2, -0.15) is 4.31 Å². The number of carbonyl (C=O) groups excluding carboxylic acids is 1. The monoisotopic (exact) mass is 508 g/mol. The lowest BCUT2D eigenvalue weighted by molar-refractivity contribution is -0.133. The van der Waals surface area contributed by atoms with Crippen molar-refractivity contribution in [3.8, 4) is 0 Å². The molecular formula is C26H25ClN4O3S. The van der Waals surface area contributed by atoms with Gasteiger partial charge in [-0.3, -0.25) is 4.79 Å². The molecule has 35 heavy (non-hydrogen) atoms. The van der Waals surface area contributed by atoms with Crippen LogP contribution in [-0.2, 0) is 27.8 Å². The lowest BCUT2D eigenvalue weighted by atomic mass is 10.1. The van der Waals surface area contributed by atoms with E-state index >= 15 is 0 Å². The van der Waals surface area contributed by atoms with Crippen LogP contribution in [0.25, 0.3) is 11.0 Å². The molecule has 1 aliphatic rings. The Labute approximate surface area is 209 Å². The van der Waals surface area contributed by atoms with Gasteiger partial charge in [0.2, 0.25) is 15.9 Å². The van der Waals surface area contributed by atoms with Crippen molar-refractivity contribution in [3.05, 3.63) is 95.3 Å². The van der Waals surface area contributed by atoms with E-state index in [4.69, 9.17) is 16.6 Å². The fraction of sp³-hybridized carbons (Fsp3) is 0.231. The van der Waals surface area contributed by atoms with Gasteiger partial charge in [-0.1, -0.05) is 54.1 Å². The summed E-state index contributed by atoms with van der Waals surface area (Å²) < 4.78 is 29.3. The van der Waals surface area contributed by atoms with Crippen molar-refractivity contribution in [1.82, 2.24) is 18.8 Å². The molecule has 1 aromatic heterocycles. The average molecular weight is 509 g/mol. The van der Waals surface area contributed by atoms with Gasteiger partial charge >= 0.3 is 0 Å². The molecule has 9 heteroatoms. The second kappa shape index (κ2) is 9.81. The van der Waals surface area contributed by atoms with Crippen LogP contribution in [0.15, 0.2) is 83.8 Å². The number of imidazole rings is 1. The summed E-state index contributed by atoms with van der Waals surface area (Å²) in [5, 5.41) is 0.484.